The SMILES string of the molecule is Cc1cc(N2CCC3(CCOC3)C2)nc2ccccc12. The van der Waals surface area contributed by atoms with E-state index in [0.717, 1.165) is 37.6 Å². The van der Waals surface area contributed by atoms with Crippen molar-refractivity contribution in [3.63, 3.8) is 0 Å². The molecule has 0 amide bonds. The van der Waals surface area contributed by atoms with E-state index in [0.29, 0.717) is 5.41 Å². The van der Waals surface area contributed by atoms with Gasteiger partial charge in [0, 0.05) is 30.5 Å². The van der Waals surface area contributed by atoms with Gasteiger partial charge in [-0.15, -0.1) is 0 Å². The number of aryl methyl sites for hydroxylation is 1. The van der Waals surface area contributed by atoms with Crippen LogP contribution in [0.3, 0.4) is 0 Å². The molecule has 3 heterocycles. The molecule has 0 N–H and O–H groups in total. The Balaban J connectivity index is 1.69. The van der Waals surface area contributed by atoms with Crippen LogP contribution in [-0.2, 0) is 4.74 Å². The number of hydrogen-bond acceptors (Lipinski definition) is 3. The van der Waals surface area contributed by atoms with Crippen molar-refractivity contribution in [2.24, 2.45) is 5.41 Å². The van der Waals surface area contributed by atoms with Gasteiger partial charge in [-0.3, -0.25) is 0 Å². The summed E-state index contributed by atoms with van der Waals surface area (Å²) in [7, 11) is 0. The van der Waals surface area contributed by atoms with Gasteiger partial charge < -0.3 is 9.64 Å². The fourth-order valence-electron chi connectivity index (χ4n) is 3.60. The number of nitrogens with zero attached hydrogens (tertiary/aromatic N) is 2. The molecule has 2 aromatic rings. The van der Waals surface area contributed by atoms with Gasteiger partial charge in [0.2, 0.25) is 0 Å². The van der Waals surface area contributed by atoms with Crippen molar-refractivity contribution in [3.8, 4) is 0 Å². The monoisotopic (exact) mass is 268 g/mol. The lowest BCUT2D eigenvalue weighted by atomic mass is 9.87. The minimum Gasteiger partial charge on any atom is -0.381 e. The number of anilines is 1. The normalized spacial score (nSPS) is 25.9. The first kappa shape index (κ1) is 12.2. The van der Waals surface area contributed by atoms with Gasteiger partial charge >= 0.3 is 0 Å². The zero-order chi connectivity index (χ0) is 13.6. The zero-order valence-corrected chi connectivity index (χ0v) is 11.9. The highest BCUT2D eigenvalue weighted by molar-refractivity contribution is 5.83. The summed E-state index contributed by atoms with van der Waals surface area (Å²) in [5.41, 5.74) is 2.81. The lowest BCUT2D eigenvalue weighted by Crippen LogP contribution is -2.27. The Bertz CT molecular complexity index is 646. The van der Waals surface area contributed by atoms with Crippen LogP contribution in [0.4, 0.5) is 5.82 Å². The average molecular weight is 268 g/mol. The minimum atomic E-state index is 0.390. The predicted molar refractivity (Wildman–Crippen MR) is 81.2 cm³/mol. The van der Waals surface area contributed by atoms with Crippen molar-refractivity contribution in [3.05, 3.63) is 35.9 Å². The van der Waals surface area contributed by atoms with Gasteiger partial charge in [0.25, 0.3) is 0 Å². The Morgan fingerprint density at radius 3 is 3.00 bits per heavy atom. The summed E-state index contributed by atoms with van der Waals surface area (Å²) in [6.45, 7) is 6.23. The molecule has 0 radical (unpaired) electrons. The molecule has 1 unspecified atom stereocenters. The molecule has 4 rings (SSSR count). The van der Waals surface area contributed by atoms with Crippen molar-refractivity contribution in [2.45, 2.75) is 19.8 Å². The highest BCUT2D eigenvalue weighted by atomic mass is 16.5. The molecule has 2 aliphatic rings. The maximum atomic E-state index is 5.61. The van der Waals surface area contributed by atoms with Crippen LogP contribution in [0, 0.1) is 12.3 Å². The molecule has 2 saturated heterocycles. The van der Waals surface area contributed by atoms with Crippen molar-refractivity contribution >= 4 is 16.7 Å². The fourth-order valence-corrected chi connectivity index (χ4v) is 3.60. The summed E-state index contributed by atoms with van der Waals surface area (Å²) in [5, 5.41) is 1.26. The van der Waals surface area contributed by atoms with Crippen LogP contribution in [-0.4, -0.2) is 31.3 Å². The molecule has 0 bridgehead atoms. The Hall–Kier alpha value is -1.61. The third kappa shape index (κ3) is 1.88. The van der Waals surface area contributed by atoms with E-state index in [1.54, 1.807) is 0 Å². The van der Waals surface area contributed by atoms with Gasteiger partial charge in [-0.2, -0.15) is 0 Å². The highest BCUT2D eigenvalue weighted by Crippen LogP contribution is 2.40. The number of ether oxygens (including phenoxy) is 1. The van der Waals surface area contributed by atoms with E-state index in [1.165, 1.54) is 23.8 Å². The second-order valence-electron chi connectivity index (χ2n) is 6.29. The standard InChI is InChI=1S/C17H20N2O/c1-13-10-16(18-15-5-3-2-4-14(13)15)19-8-6-17(11-19)7-9-20-12-17/h2-5,10H,6-9,11-12H2,1H3. The van der Waals surface area contributed by atoms with Crippen LogP contribution in [0.2, 0.25) is 0 Å². The van der Waals surface area contributed by atoms with Crippen LogP contribution in [0.25, 0.3) is 10.9 Å². The summed E-state index contributed by atoms with van der Waals surface area (Å²) in [6, 6.07) is 10.6. The maximum Gasteiger partial charge on any atom is 0.129 e. The number of fused-ring (bicyclic) bond motifs is 1. The van der Waals surface area contributed by atoms with E-state index in [-0.39, 0.29) is 0 Å². The first-order valence-electron chi connectivity index (χ1n) is 7.45. The molecule has 0 aliphatic carbocycles. The molecule has 0 saturated carbocycles. The second kappa shape index (κ2) is 4.45. The van der Waals surface area contributed by atoms with E-state index in [9.17, 15) is 0 Å². The summed E-state index contributed by atoms with van der Waals surface area (Å²) in [4.78, 5) is 7.30. The molecule has 1 spiro atoms. The van der Waals surface area contributed by atoms with E-state index >= 15 is 0 Å². The lowest BCUT2D eigenvalue weighted by Gasteiger charge is -2.23. The summed E-state index contributed by atoms with van der Waals surface area (Å²) in [6.07, 6.45) is 2.44. The molecule has 20 heavy (non-hydrogen) atoms. The predicted octanol–water partition coefficient (Wildman–Crippen LogP) is 3.16. The van der Waals surface area contributed by atoms with Crippen LogP contribution in [0.15, 0.2) is 30.3 Å². The topological polar surface area (TPSA) is 25.4 Å². The lowest BCUT2D eigenvalue weighted by molar-refractivity contribution is 0.160. The molecular formula is C17H20N2O. The Morgan fingerprint density at radius 1 is 1.25 bits per heavy atom. The van der Waals surface area contributed by atoms with Crippen LogP contribution in [0.5, 0.6) is 0 Å². The fraction of sp³-hybridized carbons (Fsp3) is 0.471. The molecule has 2 fully saturated rings. The summed E-state index contributed by atoms with van der Waals surface area (Å²) >= 11 is 0. The van der Waals surface area contributed by atoms with E-state index in [1.807, 2.05) is 0 Å². The molecule has 1 aromatic heterocycles. The third-order valence-electron chi connectivity index (χ3n) is 4.86. The quantitative estimate of drug-likeness (QED) is 0.794. The van der Waals surface area contributed by atoms with Gasteiger partial charge in [0.15, 0.2) is 0 Å². The molecular weight excluding hydrogens is 248 g/mol. The summed E-state index contributed by atoms with van der Waals surface area (Å²) in [5.74, 6) is 1.13. The summed E-state index contributed by atoms with van der Waals surface area (Å²) < 4.78 is 5.61. The molecule has 3 nitrogen and oxygen atoms in total. The van der Waals surface area contributed by atoms with E-state index in [4.69, 9.17) is 9.72 Å². The number of benzene rings is 1. The highest BCUT2D eigenvalue weighted by Gasteiger charge is 2.41. The Labute approximate surface area is 119 Å². The minimum absolute atomic E-state index is 0.390. The Morgan fingerprint density at radius 2 is 2.15 bits per heavy atom. The van der Waals surface area contributed by atoms with Gasteiger partial charge in [-0.25, -0.2) is 4.98 Å². The maximum absolute atomic E-state index is 5.61. The second-order valence-corrected chi connectivity index (χ2v) is 6.29. The zero-order valence-electron chi connectivity index (χ0n) is 11.9. The Kier molecular flexibility index (Phi) is 2.71. The number of para-hydroxylation sites is 1. The number of hydrogen-bond donors (Lipinski definition) is 0. The van der Waals surface area contributed by atoms with Gasteiger partial charge in [0.05, 0.1) is 12.1 Å². The van der Waals surface area contributed by atoms with E-state index < -0.39 is 0 Å². The van der Waals surface area contributed by atoms with Crippen molar-refractivity contribution in [1.29, 1.82) is 0 Å². The van der Waals surface area contributed by atoms with Crippen molar-refractivity contribution in [1.82, 2.24) is 4.98 Å². The number of aromatic nitrogens is 1. The first-order valence-corrected chi connectivity index (χ1v) is 7.45. The van der Waals surface area contributed by atoms with Gasteiger partial charge in [-0.1, -0.05) is 18.2 Å². The number of rotatable bonds is 1. The van der Waals surface area contributed by atoms with Crippen LogP contribution in [0.1, 0.15) is 18.4 Å². The largest absolute Gasteiger partial charge is 0.381 e. The molecule has 1 atom stereocenters. The molecule has 1 aromatic carbocycles. The smallest absolute Gasteiger partial charge is 0.129 e. The molecule has 104 valence electrons. The van der Waals surface area contributed by atoms with Gasteiger partial charge in [-0.05, 0) is 37.5 Å². The average Bonchev–Trinajstić information content (AvgIpc) is 3.10. The molecule has 2 aliphatic heterocycles. The third-order valence-corrected chi connectivity index (χ3v) is 4.86. The van der Waals surface area contributed by atoms with Crippen LogP contribution >= 0.6 is 0 Å². The first-order chi connectivity index (χ1) is 9.76. The van der Waals surface area contributed by atoms with Gasteiger partial charge in [0.1, 0.15) is 5.82 Å². The van der Waals surface area contributed by atoms with E-state index in [2.05, 4.69) is 42.2 Å². The number of pyridine rings is 1. The van der Waals surface area contributed by atoms with Crippen molar-refractivity contribution in [2.75, 3.05) is 31.2 Å². The van der Waals surface area contributed by atoms with Crippen molar-refractivity contribution < 1.29 is 4.74 Å². The molecule has 3 heteroatoms. The van der Waals surface area contributed by atoms with Crippen LogP contribution < -0.4 is 4.90 Å².